The van der Waals surface area contributed by atoms with E-state index < -0.39 is 0 Å². The van der Waals surface area contributed by atoms with Crippen LogP contribution in [0.3, 0.4) is 0 Å². The fraction of sp³-hybridized carbons (Fsp3) is 0.571. The Morgan fingerprint density at radius 2 is 2.25 bits per heavy atom. The molecule has 0 aromatic carbocycles. The molecular formula is C7H10N2O3. The van der Waals surface area contributed by atoms with Crippen molar-refractivity contribution in [3.8, 4) is 0 Å². The highest BCUT2D eigenvalue weighted by Gasteiger charge is 2.10. The molecule has 0 amide bonds. The van der Waals surface area contributed by atoms with Gasteiger partial charge in [-0.05, 0) is 13.8 Å². The fourth-order valence-corrected chi connectivity index (χ4v) is 1.06. The second-order valence-corrected chi connectivity index (χ2v) is 2.61. The molecule has 66 valence electrons. The molecule has 0 aliphatic carbocycles. The molecule has 0 saturated carbocycles. The van der Waals surface area contributed by atoms with E-state index in [4.69, 9.17) is 4.52 Å². The van der Waals surface area contributed by atoms with Crippen molar-refractivity contribution < 1.29 is 9.45 Å². The van der Waals surface area contributed by atoms with Crippen molar-refractivity contribution in [1.29, 1.82) is 0 Å². The quantitative estimate of drug-likeness (QED) is 0.503. The van der Waals surface area contributed by atoms with Crippen LogP contribution in [0.5, 0.6) is 0 Å². The highest BCUT2D eigenvalue weighted by Crippen LogP contribution is 2.12. The third-order valence-corrected chi connectivity index (χ3v) is 1.73. The average molecular weight is 170 g/mol. The molecule has 0 saturated heterocycles. The number of aryl methyl sites for hydroxylation is 2. The van der Waals surface area contributed by atoms with Crippen molar-refractivity contribution in [2.24, 2.45) is 0 Å². The molecule has 5 heteroatoms. The van der Waals surface area contributed by atoms with E-state index in [-0.39, 0.29) is 11.5 Å². The first-order valence-corrected chi connectivity index (χ1v) is 3.65. The van der Waals surface area contributed by atoms with Gasteiger partial charge in [-0.2, -0.15) is 0 Å². The standard InChI is InChI=1S/C7H10N2O3/c1-5-7(3-4-9(10)11)6(2)12-8-5/h3-4H2,1-2H3. The lowest BCUT2D eigenvalue weighted by Gasteiger charge is -1.93. The van der Waals surface area contributed by atoms with Crippen molar-refractivity contribution in [3.63, 3.8) is 0 Å². The van der Waals surface area contributed by atoms with E-state index in [0.717, 1.165) is 11.3 Å². The molecule has 1 rings (SSSR count). The molecule has 12 heavy (non-hydrogen) atoms. The highest BCUT2D eigenvalue weighted by molar-refractivity contribution is 5.20. The van der Waals surface area contributed by atoms with Crippen LogP contribution in [0, 0.1) is 24.0 Å². The molecule has 5 nitrogen and oxygen atoms in total. The van der Waals surface area contributed by atoms with E-state index in [1.165, 1.54) is 0 Å². The predicted octanol–water partition coefficient (Wildman–Crippen LogP) is 1.11. The largest absolute Gasteiger partial charge is 0.361 e. The summed E-state index contributed by atoms with van der Waals surface area (Å²) in [5.74, 6) is 0.675. The van der Waals surface area contributed by atoms with Gasteiger partial charge in [0.15, 0.2) is 0 Å². The molecule has 0 spiro atoms. The van der Waals surface area contributed by atoms with Crippen LogP contribution < -0.4 is 0 Å². The molecule has 0 atom stereocenters. The van der Waals surface area contributed by atoms with Gasteiger partial charge in [-0.25, -0.2) is 0 Å². The van der Waals surface area contributed by atoms with E-state index in [0.29, 0.717) is 12.2 Å². The van der Waals surface area contributed by atoms with Crippen LogP contribution >= 0.6 is 0 Å². The van der Waals surface area contributed by atoms with E-state index in [2.05, 4.69) is 5.16 Å². The summed E-state index contributed by atoms with van der Waals surface area (Å²) in [5.41, 5.74) is 1.60. The summed E-state index contributed by atoms with van der Waals surface area (Å²) in [6.07, 6.45) is 0.397. The normalized spacial score (nSPS) is 10.2. The molecular weight excluding hydrogens is 160 g/mol. The molecule has 0 radical (unpaired) electrons. The highest BCUT2D eigenvalue weighted by atomic mass is 16.6. The zero-order valence-electron chi connectivity index (χ0n) is 7.03. The number of nitro groups is 1. The minimum atomic E-state index is -0.341. The second-order valence-electron chi connectivity index (χ2n) is 2.61. The molecule has 0 fully saturated rings. The van der Waals surface area contributed by atoms with Gasteiger partial charge < -0.3 is 4.52 Å². The van der Waals surface area contributed by atoms with Gasteiger partial charge in [-0.15, -0.1) is 0 Å². The van der Waals surface area contributed by atoms with Gasteiger partial charge in [-0.3, -0.25) is 10.1 Å². The van der Waals surface area contributed by atoms with Crippen LogP contribution in [0.2, 0.25) is 0 Å². The molecule has 1 aromatic rings. The summed E-state index contributed by atoms with van der Waals surface area (Å²) >= 11 is 0. The second kappa shape index (κ2) is 3.34. The summed E-state index contributed by atoms with van der Waals surface area (Å²) in [4.78, 5) is 9.73. The Hall–Kier alpha value is -1.39. The minimum Gasteiger partial charge on any atom is -0.361 e. The lowest BCUT2D eigenvalue weighted by Crippen LogP contribution is -2.04. The Morgan fingerprint density at radius 3 is 2.67 bits per heavy atom. The Balaban J connectivity index is 2.68. The van der Waals surface area contributed by atoms with Crippen molar-refractivity contribution in [3.05, 3.63) is 27.1 Å². The van der Waals surface area contributed by atoms with E-state index in [1.54, 1.807) is 13.8 Å². The van der Waals surface area contributed by atoms with Gasteiger partial charge in [0.25, 0.3) is 0 Å². The van der Waals surface area contributed by atoms with Crippen LogP contribution in [-0.2, 0) is 6.42 Å². The molecule has 0 unspecified atom stereocenters. The molecule has 1 heterocycles. The van der Waals surface area contributed by atoms with Crippen molar-refractivity contribution in [2.45, 2.75) is 20.3 Å². The van der Waals surface area contributed by atoms with Crippen LogP contribution in [0.15, 0.2) is 4.52 Å². The third kappa shape index (κ3) is 1.81. The lowest BCUT2D eigenvalue weighted by molar-refractivity contribution is -0.479. The number of hydrogen-bond donors (Lipinski definition) is 0. The summed E-state index contributed by atoms with van der Waals surface area (Å²) in [7, 11) is 0. The first kappa shape index (κ1) is 8.70. The minimum absolute atomic E-state index is 0.0666. The monoisotopic (exact) mass is 170 g/mol. The SMILES string of the molecule is Cc1noc(C)c1CC[N+](=O)[O-]. The number of rotatable bonds is 3. The Kier molecular flexibility index (Phi) is 2.42. The van der Waals surface area contributed by atoms with Crippen molar-refractivity contribution >= 4 is 0 Å². The van der Waals surface area contributed by atoms with Crippen LogP contribution in [0.1, 0.15) is 17.0 Å². The topological polar surface area (TPSA) is 69.2 Å². The lowest BCUT2D eigenvalue weighted by atomic mass is 10.1. The van der Waals surface area contributed by atoms with Crippen molar-refractivity contribution in [1.82, 2.24) is 5.16 Å². The predicted molar refractivity (Wildman–Crippen MR) is 41.5 cm³/mol. The maximum atomic E-state index is 10.1. The maximum Gasteiger partial charge on any atom is 0.208 e. The average Bonchev–Trinajstić information content (AvgIpc) is 2.28. The zero-order chi connectivity index (χ0) is 9.14. The van der Waals surface area contributed by atoms with Gasteiger partial charge in [0.05, 0.1) is 5.69 Å². The summed E-state index contributed by atoms with van der Waals surface area (Å²) in [5, 5.41) is 13.8. The molecule has 0 aliphatic rings. The van der Waals surface area contributed by atoms with Gasteiger partial charge in [-0.1, -0.05) is 5.16 Å². The summed E-state index contributed by atoms with van der Waals surface area (Å²) in [6, 6.07) is 0. The smallest absolute Gasteiger partial charge is 0.208 e. The van der Waals surface area contributed by atoms with E-state index in [9.17, 15) is 10.1 Å². The number of hydrogen-bond acceptors (Lipinski definition) is 4. The Bertz CT molecular complexity index is 273. The molecule has 0 N–H and O–H groups in total. The van der Waals surface area contributed by atoms with Crippen LogP contribution in [0.4, 0.5) is 0 Å². The number of nitrogens with zero attached hydrogens (tertiary/aromatic N) is 2. The van der Waals surface area contributed by atoms with E-state index in [1.807, 2.05) is 0 Å². The van der Waals surface area contributed by atoms with Gasteiger partial charge in [0.1, 0.15) is 5.76 Å². The van der Waals surface area contributed by atoms with Crippen molar-refractivity contribution in [2.75, 3.05) is 6.54 Å². The van der Waals surface area contributed by atoms with Gasteiger partial charge in [0.2, 0.25) is 6.54 Å². The van der Waals surface area contributed by atoms with E-state index >= 15 is 0 Å². The first-order valence-electron chi connectivity index (χ1n) is 3.65. The van der Waals surface area contributed by atoms with Crippen LogP contribution in [0.25, 0.3) is 0 Å². The third-order valence-electron chi connectivity index (χ3n) is 1.73. The molecule has 1 aromatic heterocycles. The van der Waals surface area contributed by atoms with Gasteiger partial charge >= 0.3 is 0 Å². The maximum absolute atomic E-state index is 10.1. The summed E-state index contributed by atoms with van der Waals surface area (Å²) < 4.78 is 4.85. The fourth-order valence-electron chi connectivity index (χ4n) is 1.06. The Labute approximate surface area is 69.5 Å². The van der Waals surface area contributed by atoms with Gasteiger partial charge in [0, 0.05) is 16.9 Å². The first-order chi connectivity index (χ1) is 5.61. The van der Waals surface area contributed by atoms with Crippen LogP contribution in [-0.4, -0.2) is 16.6 Å². The molecule has 0 bridgehead atoms. The summed E-state index contributed by atoms with van der Waals surface area (Å²) in [6.45, 7) is 3.48. The zero-order valence-corrected chi connectivity index (χ0v) is 7.03. The molecule has 0 aliphatic heterocycles. The number of aromatic nitrogens is 1. The Morgan fingerprint density at radius 1 is 1.58 bits per heavy atom.